The van der Waals surface area contributed by atoms with Gasteiger partial charge in [-0.2, -0.15) is 0 Å². The summed E-state index contributed by atoms with van der Waals surface area (Å²) < 4.78 is 10.7. The van der Waals surface area contributed by atoms with Crippen LogP contribution in [0.15, 0.2) is 83.6 Å². The summed E-state index contributed by atoms with van der Waals surface area (Å²) in [5.74, 6) is 1.64. The van der Waals surface area contributed by atoms with Crippen molar-refractivity contribution >= 4 is 34.5 Å². The molecule has 0 atom stereocenters. The number of benzene rings is 2. The van der Waals surface area contributed by atoms with Crippen molar-refractivity contribution < 1.29 is 19.1 Å². The Hall–Kier alpha value is -3.62. The second-order valence-corrected chi connectivity index (χ2v) is 11.1. The average molecular weight is 563 g/mol. The fourth-order valence-corrected chi connectivity index (χ4v) is 5.76. The van der Waals surface area contributed by atoms with E-state index in [4.69, 9.17) is 9.47 Å². The van der Waals surface area contributed by atoms with Crippen LogP contribution in [0.2, 0.25) is 0 Å². The van der Waals surface area contributed by atoms with Gasteiger partial charge in [-0.3, -0.25) is 9.59 Å². The van der Waals surface area contributed by atoms with Crippen LogP contribution in [0.4, 0.5) is 0 Å². The second-order valence-electron chi connectivity index (χ2n) is 9.17. The highest BCUT2D eigenvalue weighted by Gasteiger charge is 2.19. The highest BCUT2D eigenvalue weighted by Crippen LogP contribution is 2.21. The number of carbonyl (C=O) groups excluding carboxylic acids is 2. The van der Waals surface area contributed by atoms with Gasteiger partial charge in [-0.05, 0) is 77.5 Å². The highest BCUT2D eigenvalue weighted by molar-refractivity contribution is 7.12. The maximum atomic E-state index is 13.3. The molecule has 2 aromatic heterocycles. The zero-order valence-corrected chi connectivity index (χ0v) is 24.0. The maximum Gasteiger partial charge on any atom is 0.264 e. The molecule has 0 unspecified atom stereocenters. The molecule has 0 spiro atoms. The van der Waals surface area contributed by atoms with Crippen LogP contribution >= 0.6 is 22.7 Å². The predicted molar refractivity (Wildman–Crippen MR) is 158 cm³/mol. The summed E-state index contributed by atoms with van der Waals surface area (Å²) in [6.45, 7) is 2.32. The summed E-state index contributed by atoms with van der Waals surface area (Å²) >= 11 is 2.93. The Kier molecular flexibility index (Phi) is 10.6. The van der Waals surface area contributed by atoms with Crippen molar-refractivity contribution in [2.24, 2.45) is 0 Å². The van der Waals surface area contributed by atoms with Gasteiger partial charge in [0.1, 0.15) is 11.5 Å². The van der Waals surface area contributed by atoms with Crippen LogP contribution in [0.1, 0.15) is 49.7 Å². The van der Waals surface area contributed by atoms with Crippen LogP contribution in [0.3, 0.4) is 0 Å². The molecule has 4 rings (SSSR count). The van der Waals surface area contributed by atoms with Crippen molar-refractivity contribution in [2.45, 2.75) is 32.4 Å². The number of ether oxygens (including phenoxy) is 2. The van der Waals surface area contributed by atoms with Crippen LogP contribution in [-0.4, -0.2) is 48.9 Å². The molecule has 0 N–H and O–H groups in total. The number of amides is 2. The molecule has 6 nitrogen and oxygen atoms in total. The number of hydrogen-bond donors (Lipinski definition) is 0. The molecule has 0 saturated heterocycles. The molecule has 2 heterocycles. The molecule has 0 aliphatic rings. The topological polar surface area (TPSA) is 59.1 Å². The molecule has 0 aliphatic carbocycles. The molecule has 39 heavy (non-hydrogen) atoms. The molecule has 4 aromatic rings. The first-order valence-electron chi connectivity index (χ1n) is 13.0. The second kappa shape index (κ2) is 14.5. The number of rotatable bonds is 14. The van der Waals surface area contributed by atoms with E-state index < -0.39 is 0 Å². The minimum absolute atomic E-state index is 0.0420. The van der Waals surface area contributed by atoms with Crippen LogP contribution in [-0.2, 0) is 13.1 Å². The van der Waals surface area contributed by atoms with Gasteiger partial charge in [0, 0.05) is 26.2 Å². The third kappa shape index (κ3) is 8.18. The number of thiophene rings is 2. The average Bonchev–Trinajstić information content (AvgIpc) is 3.70. The van der Waals surface area contributed by atoms with E-state index in [9.17, 15) is 9.59 Å². The minimum Gasteiger partial charge on any atom is -0.497 e. The molecule has 204 valence electrons. The molecule has 0 aliphatic heterocycles. The number of nitrogens with zero attached hydrogens (tertiary/aromatic N) is 2. The van der Waals surface area contributed by atoms with E-state index in [1.165, 1.54) is 22.7 Å². The standard InChI is InChI=1S/C31H34N2O4S2/c1-36-26-12-6-10-24(20-26)22-32(30(34)28-14-8-18-38-28)16-4-3-5-17-33(31(35)29-15-9-19-39-29)23-25-11-7-13-27(21-25)37-2/h6-15,18-21H,3-5,16-17,22-23H2,1-2H3. The number of methoxy groups -OCH3 is 2. The summed E-state index contributed by atoms with van der Waals surface area (Å²) in [6.07, 6.45) is 2.60. The first kappa shape index (κ1) is 28.4. The summed E-state index contributed by atoms with van der Waals surface area (Å²) in [7, 11) is 3.29. The van der Waals surface area contributed by atoms with E-state index in [0.717, 1.165) is 51.6 Å². The molecule has 8 heteroatoms. The summed E-state index contributed by atoms with van der Waals surface area (Å²) in [6, 6.07) is 23.2. The number of unbranched alkanes of at least 4 members (excludes halogenated alkanes) is 2. The van der Waals surface area contributed by atoms with E-state index in [1.807, 2.05) is 93.4 Å². The molecule has 2 amide bonds. The summed E-state index contributed by atoms with van der Waals surface area (Å²) in [5.41, 5.74) is 2.07. The lowest BCUT2D eigenvalue weighted by Crippen LogP contribution is -2.32. The SMILES string of the molecule is COc1cccc(CN(CCCCCN(Cc2cccc(OC)c2)C(=O)c2cccs2)C(=O)c2cccs2)c1. The monoisotopic (exact) mass is 562 g/mol. The Morgan fingerprint density at radius 3 is 1.49 bits per heavy atom. The zero-order valence-electron chi connectivity index (χ0n) is 22.4. The van der Waals surface area contributed by atoms with Gasteiger partial charge in [0.15, 0.2) is 0 Å². The summed E-state index contributed by atoms with van der Waals surface area (Å²) in [4.78, 5) is 31.8. The van der Waals surface area contributed by atoms with Crippen molar-refractivity contribution in [3.63, 3.8) is 0 Å². The van der Waals surface area contributed by atoms with Crippen molar-refractivity contribution in [1.29, 1.82) is 0 Å². The van der Waals surface area contributed by atoms with E-state index in [2.05, 4.69) is 0 Å². The van der Waals surface area contributed by atoms with Gasteiger partial charge in [0.25, 0.3) is 11.8 Å². The Morgan fingerprint density at radius 2 is 1.10 bits per heavy atom. The van der Waals surface area contributed by atoms with Crippen LogP contribution in [0.25, 0.3) is 0 Å². The van der Waals surface area contributed by atoms with Crippen molar-refractivity contribution in [3.05, 3.63) is 104 Å². The van der Waals surface area contributed by atoms with Gasteiger partial charge < -0.3 is 19.3 Å². The maximum absolute atomic E-state index is 13.3. The van der Waals surface area contributed by atoms with Crippen molar-refractivity contribution in [1.82, 2.24) is 9.80 Å². The molecule has 0 radical (unpaired) electrons. The molecule has 0 saturated carbocycles. The molecular weight excluding hydrogens is 528 g/mol. The van der Waals surface area contributed by atoms with Gasteiger partial charge >= 0.3 is 0 Å². The fraction of sp³-hybridized carbons (Fsp3) is 0.290. The Bertz CT molecular complexity index is 1220. The van der Waals surface area contributed by atoms with Gasteiger partial charge in [-0.25, -0.2) is 0 Å². The van der Waals surface area contributed by atoms with Gasteiger partial charge in [-0.15, -0.1) is 22.7 Å². The first-order chi connectivity index (χ1) is 19.1. The zero-order chi connectivity index (χ0) is 27.5. The Morgan fingerprint density at radius 1 is 0.641 bits per heavy atom. The largest absolute Gasteiger partial charge is 0.497 e. The van der Waals surface area contributed by atoms with Crippen molar-refractivity contribution in [3.8, 4) is 11.5 Å². The highest BCUT2D eigenvalue weighted by atomic mass is 32.1. The lowest BCUT2D eigenvalue weighted by Gasteiger charge is -2.24. The third-order valence-corrected chi connectivity index (χ3v) is 8.13. The Balaban J connectivity index is 1.37. The van der Waals surface area contributed by atoms with Crippen LogP contribution < -0.4 is 9.47 Å². The number of carbonyl (C=O) groups is 2. The molecule has 0 fully saturated rings. The fourth-order valence-electron chi connectivity index (χ4n) is 4.38. The van der Waals surface area contributed by atoms with E-state index in [0.29, 0.717) is 26.2 Å². The van der Waals surface area contributed by atoms with Gasteiger partial charge in [-0.1, -0.05) is 36.4 Å². The van der Waals surface area contributed by atoms with Gasteiger partial charge in [0.2, 0.25) is 0 Å². The normalized spacial score (nSPS) is 10.7. The smallest absolute Gasteiger partial charge is 0.264 e. The lowest BCUT2D eigenvalue weighted by atomic mass is 10.1. The molecule has 0 bridgehead atoms. The van der Waals surface area contributed by atoms with Crippen molar-refractivity contribution in [2.75, 3.05) is 27.3 Å². The number of hydrogen-bond acceptors (Lipinski definition) is 6. The summed E-state index contributed by atoms with van der Waals surface area (Å²) in [5, 5.41) is 3.86. The quantitative estimate of drug-likeness (QED) is 0.156. The lowest BCUT2D eigenvalue weighted by molar-refractivity contribution is 0.0739. The molecular formula is C31H34N2O4S2. The predicted octanol–water partition coefficient (Wildman–Crippen LogP) is 6.98. The Labute approximate surface area is 238 Å². The van der Waals surface area contributed by atoms with E-state index in [1.54, 1.807) is 14.2 Å². The minimum atomic E-state index is 0.0420. The van der Waals surface area contributed by atoms with E-state index in [-0.39, 0.29) is 11.8 Å². The third-order valence-electron chi connectivity index (χ3n) is 6.41. The molecule has 2 aromatic carbocycles. The first-order valence-corrected chi connectivity index (χ1v) is 14.7. The van der Waals surface area contributed by atoms with E-state index >= 15 is 0 Å². The van der Waals surface area contributed by atoms with Gasteiger partial charge in [0.05, 0.1) is 24.0 Å². The van der Waals surface area contributed by atoms with Crippen LogP contribution in [0, 0.1) is 0 Å². The van der Waals surface area contributed by atoms with Crippen LogP contribution in [0.5, 0.6) is 11.5 Å².